The summed E-state index contributed by atoms with van der Waals surface area (Å²) >= 11 is 1.13. The van der Waals surface area contributed by atoms with Crippen molar-refractivity contribution < 1.29 is 42.0 Å². The van der Waals surface area contributed by atoms with Crippen molar-refractivity contribution in [1.29, 1.82) is 0 Å². The second-order valence-electron chi connectivity index (χ2n) is 6.74. The zero-order valence-electron chi connectivity index (χ0n) is 16.0. The van der Waals surface area contributed by atoms with Crippen molar-refractivity contribution >= 4 is 45.6 Å². The van der Waals surface area contributed by atoms with Crippen LogP contribution >= 0.6 is 11.8 Å². The summed E-state index contributed by atoms with van der Waals surface area (Å²) in [4.78, 5) is 49.0. The smallest absolute Gasteiger partial charge is 0.352 e. The van der Waals surface area contributed by atoms with E-state index in [4.69, 9.17) is 4.74 Å². The van der Waals surface area contributed by atoms with Crippen LogP contribution in [0.15, 0.2) is 41.6 Å². The zero-order chi connectivity index (χ0) is 22.9. The SMILES string of the molecule is CC(=O)OCC1=C(C(=O)O)N2C(=O)C(NC(=O)C(c3ccccc3)S(=O)(=O)O)C2SC1. The molecule has 0 spiro atoms. The van der Waals surface area contributed by atoms with Crippen LogP contribution in [0, 0.1) is 0 Å². The van der Waals surface area contributed by atoms with Gasteiger partial charge in [0.2, 0.25) is 5.91 Å². The Morgan fingerprint density at radius 2 is 1.94 bits per heavy atom. The Bertz CT molecular complexity index is 1070. The molecule has 11 nitrogen and oxygen atoms in total. The number of carbonyl (C=O) groups excluding carboxylic acids is 3. The summed E-state index contributed by atoms with van der Waals surface area (Å²) in [6, 6.07) is 6.08. The van der Waals surface area contributed by atoms with Gasteiger partial charge in [-0.05, 0) is 5.56 Å². The highest BCUT2D eigenvalue weighted by Crippen LogP contribution is 2.40. The van der Waals surface area contributed by atoms with Gasteiger partial charge in [0.1, 0.15) is 23.7 Å². The van der Waals surface area contributed by atoms with Gasteiger partial charge in [0.05, 0.1) is 0 Å². The third kappa shape index (κ3) is 4.57. The number of hydrogen-bond acceptors (Lipinski definition) is 8. The van der Waals surface area contributed by atoms with E-state index in [1.807, 2.05) is 0 Å². The van der Waals surface area contributed by atoms with Gasteiger partial charge in [0.15, 0.2) is 5.25 Å². The number of nitrogens with zero attached hydrogens (tertiary/aromatic N) is 1. The van der Waals surface area contributed by atoms with Crippen molar-refractivity contribution in [3.05, 3.63) is 47.2 Å². The van der Waals surface area contributed by atoms with Crippen molar-refractivity contribution in [3.8, 4) is 0 Å². The van der Waals surface area contributed by atoms with Crippen LogP contribution in [0.5, 0.6) is 0 Å². The highest BCUT2D eigenvalue weighted by atomic mass is 32.2. The molecule has 13 heteroatoms. The fourth-order valence-corrected chi connectivity index (χ4v) is 5.47. The molecule has 3 unspecified atom stereocenters. The van der Waals surface area contributed by atoms with Gasteiger partial charge < -0.3 is 15.2 Å². The fourth-order valence-electron chi connectivity index (χ4n) is 3.30. The van der Waals surface area contributed by atoms with E-state index in [0.29, 0.717) is 0 Å². The first-order valence-corrected chi connectivity index (χ1v) is 11.4. The first-order chi connectivity index (χ1) is 14.5. The van der Waals surface area contributed by atoms with Crippen molar-refractivity contribution in [2.45, 2.75) is 23.6 Å². The summed E-state index contributed by atoms with van der Waals surface area (Å²) in [5.74, 6) is -3.76. The summed E-state index contributed by atoms with van der Waals surface area (Å²) in [7, 11) is -4.84. The third-order valence-corrected chi connectivity index (χ3v) is 7.06. The van der Waals surface area contributed by atoms with Crippen LogP contribution in [0.25, 0.3) is 0 Å². The number of amides is 2. The van der Waals surface area contributed by atoms with Gasteiger partial charge in [-0.2, -0.15) is 8.42 Å². The minimum Gasteiger partial charge on any atom is -0.477 e. The van der Waals surface area contributed by atoms with E-state index < -0.39 is 50.5 Å². The van der Waals surface area contributed by atoms with Crippen LogP contribution in [0.2, 0.25) is 0 Å². The molecule has 1 saturated heterocycles. The highest BCUT2D eigenvalue weighted by Gasteiger charge is 2.55. The standard InChI is InChI=1S/C18H18N2O9S2/c1-9(21)29-7-11-8-30-17-12(16(23)20(17)13(11)18(24)25)19-15(22)14(31(26,27)28)10-5-3-2-4-6-10/h2-6,12,14,17H,7-8H2,1H3,(H,19,22)(H,24,25)(H,26,27,28). The van der Waals surface area contributed by atoms with Crippen LogP contribution in [0.3, 0.4) is 0 Å². The molecule has 3 N–H and O–H groups in total. The van der Waals surface area contributed by atoms with Crippen LogP contribution < -0.4 is 5.32 Å². The van der Waals surface area contributed by atoms with Gasteiger partial charge in [-0.15, -0.1) is 11.8 Å². The van der Waals surface area contributed by atoms with Crippen molar-refractivity contribution in [1.82, 2.24) is 10.2 Å². The van der Waals surface area contributed by atoms with Gasteiger partial charge in [-0.25, -0.2) is 4.79 Å². The molecular weight excluding hydrogens is 452 g/mol. The molecule has 1 aromatic carbocycles. The number of thioether (sulfide) groups is 1. The second-order valence-corrected chi connectivity index (χ2v) is 9.35. The molecule has 2 amide bonds. The quantitative estimate of drug-likeness (QED) is 0.278. The van der Waals surface area contributed by atoms with E-state index in [2.05, 4.69) is 5.32 Å². The van der Waals surface area contributed by atoms with E-state index in [1.54, 1.807) is 6.07 Å². The Morgan fingerprint density at radius 1 is 1.29 bits per heavy atom. The molecule has 0 aromatic heterocycles. The fraction of sp³-hybridized carbons (Fsp3) is 0.333. The van der Waals surface area contributed by atoms with Gasteiger partial charge in [-0.3, -0.25) is 23.8 Å². The number of benzene rings is 1. The summed E-state index contributed by atoms with van der Waals surface area (Å²) in [6.45, 7) is 0.870. The minimum absolute atomic E-state index is 0.0113. The third-order valence-electron chi connectivity index (χ3n) is 4.64. The minimum atomic E-state index is -4.84. The predicted molar refractivity (Wildman–Crippen MR) is 107 cm³/mol. The Morgan fingerprint density at radius 3 is 2.48 bits per heavy atom. The number of esters is 1. The Labute approximate surface area is 181 Å². The summed E-state index contributed by atoms with van der Waals surface area (Å²) < 4.78 is 38.0. The predicted octanol–water partition coefficient (Wildman–Crippen LogP) is -0.0828. The lowest BCUT2D eigenvalue weighted by molar-refractivity contribution is -0.151. The first-order valence-electron chi connectivity index (χ1n) is 8.87. The molecular formula is C18H18N2O9S2. The molecule has 0 radical (unpaired) electrons. The number of fused-ring (bicyclic) bond motifs is 1. The maximum atomic E-state index is 12.7. The van der Waals surface area contributed by atoms with Gasteiger partial charge in [0, 0.05) is 18.2 Å². The lowest BCUT2D eigenvalue weighted by atomic mass is 10.0. The topological polar surface area (TPSA) is 167 Å². The first kappa shape index (κ1) is 22.8. The van der Waals surface area contributed by atoms with E-state index in [1.165, 1.54) is 31.2 Å². The lowest BCUT2D eigenvalue weighted by Gasteiger charge is -2.49. The maximum absolute atomic E-state index is 12.7. The van der Waals surface area contributed by atoms with Crippen molar-refractivity contribution in [2.24, 2.45) is 0 Å². The number of carboxylic acid groups (broad SMARTS) is 1. The van der Waals surface area contributed by atoms with Gasteiger partial charge in [0.25, 0.3) is 16.0 Å². The molecule has 2 aliphatic heterocycles. The number of nitrogens with one attached hydrogen (secondary N) is 1. The van der Waals surface area contributed by atoms with E-state index in [9.17, 15) is 37.3 Å². The molecule has 166 valence electrons. The summed E-state index contributed by atoms with van der Waals surface area (Å²) in [5, 5.41) is 9.09. The molecule has 1 fully saturated rings. The highest BCUT2D eigenvalue weighted by molar-refractivity contribution is 8.00. The molecule has 2 heterocycles. The monoisotopic (exact) mass is 470 g/mol. The zero-order valence-corrected chi connectivity index (χ0v) is 17.7. The van der Waals surface area contributed by atoms with Gasteiger partial charge in [-0.1, -0.05) is 30.3 Å². The summed E-state index contributed by atoms with van der Waals surface area (Å²) in [6.07, 6.45) is 0. The maximum Gasteiger partial charge on any atom is 0.352 e. The number of ether oxygens (including phenoxy) is 1. The Kier molecular flexibility index (Phi) is 6.38. The molecule has 0 saturated carbocycles. The molecule has 3 rings (SSSR count). The number of hydrogen-bond donors (Lipinski definition) is 3. The molecule has 0 aliphatic carbocycles. The number of carbonyl (C=O) groups is 4. The molecule has 31 heavy (non-hydrogen) atoms. The number of aliphatic carboxylic acids is 1. The molecule has 3 atom stereocenters. The molecule has 1 aromatic rings. The van der Waals surface area contributed by atoms with Crippen LogP contribution in [0.4, 0.5) is 0 Å². The number of rotatable bonds is 7. The van der Waals surface area contributed by atoms with Crippen LogP contribution in [0.1, 0.15) is 17.7 Å². The molecule has 2 aliphatic rings. The molecule has 0 bridgehead atoms. The Balaban J connectivity index is 1.81. The van der Waals surface area contributed by atoms with Gasteiger partial charge >= 0.3 is 11.9 Å². The van der Waals surface area contributed by atoms with Crippen LogP contribution in [-0.4, -0.2) is 70.5 Å². The van der Waals surface area contributed by atoms with Crippen molar-refractivity contribution in [2.75, 3.05) is 12.4 Å². The second kappa shape index (κ2) is 8.69. The average molecular weight is 470 g/mol. The van der Waals surface area contributed by atoms with Crippen LogP contribution in [-0.2, 0) is 34.0 Å². The number of carboxylic acids is 1. The van der Waals surface area contributed by atoms with E-state index in [0.717, 1.165) is 16.7 Å². The van der Waals surface area contributed by atoms with Crippen molar-refractivity contribution in [3.63, 3.8) is 0 Å². The Hall–Kier alpha value is -2.90. The lowest BCUT2D eigenvalue weighted by Crippen LogP contribution is -2.71. The largest absolute Gasteiger partial charge is 0.477 e. The normalized spacial score (nSPS) is 21.6. The average Bonchev–Trinajstić information content (AvgIpc) is 2.69. The number of β-lactam (4-membered cyclic amide) rings is 1. The summed E-state index contributed by atoms with van der Waals surface area (Å²) in [5.41, 5.74) is -0.103. The van der Waals surface area contributed by atoms with E-state index >= 15 is 0 Å². The van der Waals surface area contributed by atoms with E-state index in [-0.39, 0.29) is 29.2 Å².